The molecule has 0 aromatic heterocycles. The molecular weight excluding hydrogens is 157 g/mol. The van der Waals surface area contributed by atoms with E-state index >= 15 is 0 Å². The highest BCUT2D eigenvalue weighted by atomic mass is 19.4. The molecule has 0 aliphatic heterocycles. The summed E-state index contributed by atoms with van der Waals surface area (Å²) < 4.78 is 35.6. The van der Waals surface area contributed by atoms with Crippen molar-refractivity contribution in [3.8, 4) is 0 Å². The summed E-state index contributed by atoms with van der Waals surface area (Å²) in [4.78, 5) is 0. The number of alkyl halides is 3. The van der Waals surface area contributed by atoms with E-state index in [-0.39, 0.29) is 5.57 Å². The zero-order valence-corrected chi connectivity index (χ0v) is 6.44. The average molecular weight is 168 g/mol. The first-order chi connectivity index (χ1) is 4.76. The van der Waals surface area contributed by atoms with E-state index < -0.39 is 18.2 Å². The molecule has 1 nitrogen and oxygen atoms in total. The SMILES string of the molecule is C=C(C)C(O)C(C)C(F)(F)F. The van der Waals surface area contributed by atoms with Crippen molar-refractivity contribution in [2.24, 2.45) is 5.92 Å². The van der Waals surface area contributed by atoms with E-state index in [9.17, 15) is 13.2 Å². The van der Waals surface area contributed by atoms with E-state index in [0.717, 1.165) is 6.92 Å². The first-order valence-electron chi connectivity index (χ1n) is 3.17. The van der Waals surface area contributed by atoms with Crippen molar-refractivity contribution in [1.82, 2.24) is 0 Å². The Hall–Kier alpha value is -0.510. The Balaban J connectivity index is 4.25. The maximum absolute atomic E-state index is 11.9. The molecule has 0 aliphatic carbocycles. The van der Waals surface area contributed by atoms with Crippen LogP contribution in [0.3, 0.4) is 0 Å². The van der Waals surface area contributed by atoms with Crippen molar-refractivity contribution >= 4 is 0 Å². The van der Waals surface area contributed by atoms with Gasteiger partial charge in [0.15, 0.2) is 0 Å². The van der Waals surface area contributed by atoms with Crippen molar-refractivity contribution < 1.29 is 18.3 Å². The standard InChI is InChI=1S/C7H11F3O/c1-4(2)6(11)5(3)7(8,9)10/h5-6,11H,1H2,2-3H3. The second kappa shape index (κ2) is 3.26. The fourth-order valence-electron chi connectivity index (χ4n) is 0.606. The summed E-state index contributed by atoms with van der Waals surface area (Å²) in [5.41, 5.74) is 0.134. The summed E-state index contributed by atoms with van der Waals surface area (Å²) in [6.07, 6.45) is -5.84. The number of hydrogen-bond acceptors (Lipinski definition) is 1. The molecule has 0 aromatic rings. The highest BCUT2D eigenvalue weighted by molar-refractivity contribution is 5.00. The normalized spacial score (nSPS) is 17.6. The molecule has 2 unspecified atom stereocenters. The minimum Gasteiger partial charge on any atom is -0.388 e. The molecule has 0 spiro atoms. The van der Waals surface area contributed by atoms with Gasteiger partial charge in [0.2, 0.25) is 0 Å². The molecule has 0 saturated heterocycles. The summed E-state index contributed by atoms with van der Waals surface area (Å²) in [5, 5.41) is 8.91. The Kier molecular flexibility index (Phi) is 3.11. The number of halogens is 3. The van der Waals surface area contributed by atoms with Gasteiger partial charge in [-0.05, 0) is 6.92 Å². The van der Waals surface area contributed by atoms with Crippen molar-refractivity contribution in [2.45, 2.75) is 26.1 Å². The molecule has 0 amide bonds. The van der Waals surface area contributed by atoms with Gasteiger partial charge >= 0.3 is 6.18 Å². The fraction of sp³-hybridized carbons (Fsp3) is 0.714. The van der Waals surface area contributed by atoms with E-state index in [1.54, 1.807) is 0 Å². The monoisotopic (exact) mass is 168 g/mol. The first kappa shape index (κ1) is 10.5. The molecule has 0 fully saturated rings. The third kappa shape index (κ3) is 2.93. The van der Waals surface area contributed by atoms with Gasteiger partial charge in [0.05, 0.1) is 12.0 Å². The molecule has 0 bridgehead atoms. The summed E-state index contributed by atoms with van der Waals surface area (Å²) >= 11 is 0. The second-order valence-electron chi connectivity index (χ2n) is 2.62. The number of aliphatic hydroxyl groups excluding tert-OH is 1. The molecule has 0 aromatic carbocycles. The van der Waals surface area contributed by atoms with E-state index in [0.29, 0.717) is 0 Å². The minimum atomic E-state index is -4.35. The molecule has 0 heterocycles. The van der Waals surface area contributed by atoms with Gasteiger partial charge in [0.1, 0.15) is 0 Å². The van der Waals surface area contributed by atoms with E-state index in [1.807, 2.05) is 0 Å². The number of hydrogen-bond donors (Lipinski definition) is 1. The molecule has 1 N–H and O–H groups in total. The zero-order valence-electron chi connectivity index (χ0n) is 6.44. The molecule has 0 aliphatic rings. The lowest BCUT2D eigenvalue weighted by Crippen LogP contribution is -2.32. The van der Waals surface area contributed by atoms with Crippen LogP contribution in [0, 0.1) is 5.92 Å². The van der Waals surface area contributed by atoms with E-state index in [1.165, 1.54) is 6.92 Å². The van der Waals surface area contributed by atoms with Crippen LogP contribution in [-0.4, -0.2) is 17.4 Å². The van der Waals surface area contributed by atoms with Crippen molar-refractivity contribution in [3.05, 3.63) is 12.2 Å². The van der Waals surface area contributed by atoms with Crippen LogP contribution in [0.15, 0.2) is 12.2 Å². The molecule has 2 atom stereocenters. The van der Waals surface area contributed by atoms with Gasteiger partial charge in [0.25, 0.3) is 0 Å². The van der Waals surface area contributed by atoms with Gasteiger partial charge in [-0.2, -0.15) is 13.2 Å². The third-order valence-electron chi connectivity index (χ3n) is 1.49. The van der Waals surface area contributed by atoms with Crippen molar-refractivity contribution in [3.63, 3.8) is 0 Å². The summed E-state index contributed by atoms with van der Waals surface area (Å²) in [6, 6.07) is 0. The maximum atomic E-state index is 11.9. The Labute approximate surface area is 63.5 Å². The Morgan fingerprint density at radius 2 is 1.82 bits per heavy atom. The Bertz CT molecular complexity index is 150. The highest BCUT2D eigenvalue weighted by Crippen LogP contribution is 2.30. The minimum absolute atomic E-state index is 0.134. The van der Waals surface area contributed by atoms with E-state index in [2.05, 4.69) is 6.58 Å². The highest BCUT2D eigenvalue weighted by Gasteiger charge is 2.40. The second-order valence-corrected chi connectivity index (χ2v) is 2.62. The lowest BCUT2D eigenvalue weighted by atomic mass is 9.99. The molecule has 66 valence electrons. The van der Waals surface area contributed by atoms with Gasteiger partial charge in [-0.3, -0.25) is 0 Å². The van der Waals surface area contributed by atoms with Gasteiger partial charge in [-0.25, -0.2) is 0 Å². The van der Waals surface area contributed by atoms with Gasteiger partial charge in [0, 0.05) is 0 Å². The fourth-order valence-corrected chi connectivity index (χ4v) is 0.606. The Morgan fingerprint density at radius 1 is 1.45 bits per heavy atom. The lowest BCUT2D eigenvalue weighted by Gasteiger charge is -2.21. The molecule has 0 radical (unpaired) electrons. The number of rotatable bonds is 2. The van der Waals surface area contributed by atoms with Crippen molar-refractivity contribution in [1.29, 1.82) is 0 Å². The first-order valence-corrected chi connectivity index (χ1v) is 3.17. The van der Waals surface area contributed by atoms with Gasteiger partial charge in [-0.1, -0.05) is 19.1 Å². The molecule has 11 heavy (non-hydrogen) atoms. The zero-order chi connectivity index (χ0) is 9.23. The summed E-state index contributed by atoms with van der Waals surface area (Å²) in [7, 11) is 0. The van der Waals surface area contributed by atoms with Crippen LogP contribution in [0.1, 0.15) is 13.8 Å². The predicted molar refractivity (Wildman–Crippen MR) is 36.0 cm³/mol. The third-order valence-corrected chi connectivity index (χ3v) is 1.49. The predicted octanol–water partition coefficient (Wildman–Crippen LogP) is 2.12. The van der Waals surface area contributed by atoms with Crippen LogP contribution in [0.2, 0.25) is 0 Å². The topological polar surface area (TPSA) is 20.2 Å². The molecule has 4 heteroatoms. The van der Waals surface area contributed by atoms with Crippen LogP contribution in [0.5, 0.6) is 0 Å². The van der Waals surface area contributed by atoms with Gasteiger partial charge < -0.3 is 5.11 Å². The number of aliphatic hydroxyl groups is 1. The summed E-state index contributed by atoms with van der Waals surface area (Å²) in [6.45, 7) is 5.54. The van der Waals surface area contributed by atoms with Crippen LogP contribution < -0.4 is 0 Å². The quantitative estimate of drug-likeness (QED) is 0.626. The van der Waals surface area contributed by atoms with Crippen LogP contribution in [0.25, 0.3) is 0 Å². The van der Waals surface area contributed by atoms with Crippen LogP contribution in [-0.2, 0) is 0 Å². The molecule has 0 saturated carbocycles. The average Bonchev–Trinajstić information content (AvgIpc) is 1.82. The maximum Gasteiger partial charge on any atom is 0.394 e. The smallest absolute Gasteiger partial charge is 0.388 e. The lowest BCUT2D eigenvalue weighted by molar-refractivity contribution is -0.189. The van der Waals surface area contributed by atoms with E-state index in [4.69, 9.17) is 5.11 Å². The largest absolute Gasteiger partial charge is 0.394 e. The molecule has 0 rings (SSSR count). The molecular formula is C7H11F3O. The van der Waals surface area contributed by atoms with Gasteiger partial charge in [-0.15, -0.1) is 0 Å². The van der Waals surface area contributed by atoms with Crippen LogP contribution >= 0.6 is 0 Å². The summed E-state index contributed by atoms with van der Waals surface area (Å²) in [5.74, 6) is -1.74. The van der Waals surface area contributed by atoms with Crippen LogP contribution in [0.4, 0.5) is 13.2 Å². The van der Waals surface area contributed by atoms with Crippen molar-refractivity contribution in [2.75, 3.05) is 0 Å². The Morgan fingerprint density at radius 3 is 1.91 bits per heavy atom.